The SMILES string of the molecule is COc1ccc(-c2noc(C3=C(C)N(Cc4ccco4)C(=O)NC3c3cccc(F)c3)n2)cc1. The molecule has 1 atom stereocenters. The van der Waals surface area contributed by atoms with Crippen LogP contribution in [-0.4, -0.2) is 28.2 Å². The predicted octanol–water partition coefficient (Wildman–Crippen LogP) is 5.18. The summed E-state index contributed by atoms with van der Waals surface area (Å²) in [5.41, 5.74) is 2.47. The predicted molar refractivity (Wildman–Crippen MR) is 121 cm³/mol. The molecule has 1 aliphatic heterocycles. The van der Waals surface area contributed by atoms with Gasteiger partial charge < -0.3 is 19.0 Å². The number of nitrogens with zero attached hydrogens (tertiary/aromatic N) is 3. The molecule has 0 saturated heterocycles. The molecule has 2 amide bonds. The van der Waals surface area contributed by atoms with Crippen molar-refractivity contribution >= 4 is 11.6 Å². The van der Waals surface area contributed by atoms with Crippen LogP contribution in [0.3, 0.4) is 0 Å². The van der Waals surface area contributed by atoms with Crippen molar-refractivity contribution in [1.82, 2.24) is 20.4 Å². The van der Waals surface area contributed by atoms with Crippen molar-refractivity contribution in [3.05, 3.63) is 95.7 Å². The summed E-state index contributed by atoms with van der Waals surface area (Å²) >= 11 is 0. The highest BCUT2D eigenvalue weighted by Crippen LogP contribution is 2.38. The van der Waals surface area contributed by atoms with Gasteiger partial charge in [0.05, 0.1) is 31.5 Å². The second-order valence-electron chi connectivity index (χ2n) is 7.75. The Bertz CT molecular complexity index is 1350. The van der Waals surface area contributed by atoms with Crippen LogP contribution >= 0.6 is 0 Å². The Labute approximate surface area is 194 Å². The number of furan rings is 1. The van der Waals surface area contributed by atoms with E-state index in [4.69, 9.17) is 13.7 Å². The summed E-state index contributed by atoms with van der Waals surface area (Å²) in [6.45, 7) is 2.00. The van der Waals surface area contributed by atoms with E-state index in [1.54, 1.807) is 56.7 Å². The first-order valence-corrected chi connectivity index (χ1v) is 10.6. The third-order valence-corrected chi connectivity index (χ3v) is 5.68. The minimum atomic E-state index is -0.680. The Kier molecular flexibility index (Phi) is 5.59. The number of aromatic nitrogens is 2. The molecule has 34 heavy (non-hydrogen) atoms. The number of hydrogen-bond acceptors (Lipinski definition) is 6. The first-order valence-electron chi connectivity index (χ1n) is 10.6. The van der Waals surface area contributed by atoms with Gasteiger partial charge in [-0.05, 0) is 61.0 Å². The van der Waals surface area contributed by atoms with E-state index < -0.39 is 11.9 Å². The van der Waals surface area contributed by atoms with Crippen molar-refractivity contribution in [1.29, 1.82) is 0 Å². The van der Waals surface area contributed by atoms with Gasteiger partial charge in [-0.25, -0.2) is 9.18 Å². The molecule has 9 heteroatoms. The molecule has 3 heterocycles. The van der Waals surface area contributed by atoms with E-state index in [-0.39, 0.29) is 18.5 Å². The molecule has 0 aliphatic carbocycles. The maximum absolute atomic E-state index is 14.0. The van der Waals surface area contributed by atoms with Crippen LogP contribution in [0.15, 0.2) is 81.6 Å². The Morgan fingerprint density at radius 2 is 1.97 bits per heavy atom. The lowest BCUT2D eigenvalue weighted by Gasteiger charge is -2.34. The molecule has 2 aromatic heterocycles. The number of methoxy groups -OCH3 is 1. The molecule has 172 valence electrons. The molecule has 0 radical (unpaired) electrons. The van der Waals surface area contributed by atoms with Gasteiger partial charge in [-0.15, -0.1) is 0 Å². The zero-order chi connectivity index (χ0) is 23.7. The molecular weight excluding hydrogens is 439 g/mol. The maximum atomic E-state index is 14.0. The zero-order valence-corrected chi connectivity index (χ0v) is 18.5. The van der Waals surface area contributed by atoms with Crippen LogP contribution in [0.1, 0.15) is 30.2 Å². The van der Waals surface area contributed by atoms with Gasteiger partial charge in [-0.2, -0.15) is 4.98 Å². The van der Waals surface area contributed by atoms with E-state index in [0.29, 0.717) is 34.2 Å². The zero-order valence-electron chi connectivity index (χ0n) is 18.5. The fraction of sp³-hybridized carbons (Fsp3) is 0.160. The second kappa shape index (κ2) is 8.86. The van der Waals surface area contributed by atoms with E-state index in [2.05, 4.69) is 15.5 Å². The molecule has 1 unspecified atom stereocenters. The molecule has 8 nitrogen and oxygen atoms in total. The first-order chi connectivity index (χ1) is 16.5. The summed E-state index contributed by atoms with van der Waals surface area (Å²) in [4.78, 5) is 19.2. The number of rotatable bonds is 6. The fourth-order valence-corrected chi connectivity index (χ4v) is 3.93. The van der Waals surface area contributed by atoms with Crippen molar-refractivity contribution < 1.29 is 22.9 Å². The molecular formula is C25H21FN4O4. The Morgan fingerprint density at radius 3 is 2.68 bits per heavy atom. The van der Waals surface area contributed by atoms with Crippen molar-refractivity contribution in [2.75, 3.05) is 7.11 Å². The standard InChI is InChI=1S/C25H21FN4O4/c1-15-21(24-28-23(29-34-24)16-8-10-19(32-2)11-9-16)22(17-5-3-6-18(26)13-17)27-25(31)30(15)14-20-7-4-12-33-20/h3-13,22H,14H2,1-2H3,(H,27,31). The van der Waals surface area contributed by atoms with E-state index in [0.717, 1.165) is 5.56 Å². The Balaban J connectivity index is 1.58. The summed E-state index contributed by atoms with van der Waals surface area (Å²) < 4.78 is 30.3. The maximum Gasteiger partial charge on any atom is 0.322 e. The van der Waals surface area contributed by atoms with Gasteiger partial charge in [-0.3, -0.25) is 4.90 Å². The van der Waals surface area contributed by atoms with Gasteiger partial charge in [0.2, 0.25) is 5.82 Å². The van der Waals surface area contributed by atoms with Crippen molar-refractivity contribution in [2.24, 2.45) is 0 Å². The molecule has 5 rings (SSSR count). The first kappa shape index (κ1) is 21.4. The molecule has 0 bridgehead atoms. The summed E-state index contributed by atoms with van der Waals surface area (Å²) in [7, 11) is 1.59. The van der Waals surface area contributed by atoms with Gasteiger partial charge in [0.1, 0.15) is 17.3 Å². The highest BCUT2D eigenvalue weighted by atomic mass is 19.1. The summed E-state index contributed by atoms with van der Waals surface area (Å²) in [6.07, 6.45) is 1.55. The van der Waals surface area contributed by atoms with Gasteiger partial charge in [0, 0.05) is 11.3 Å². The number of halogens is 1. The van der Waals surface area contributed by atoms with Crippen LogP contribution in [-0.2, 0) is 6.54 Å². The number of carbonyl (C=O) groups excluding carboxylic acids is 1. The van der Waals surface area contributed by atoms with E-state index in [1.165, 1.54) is 17.0 Å². The lowest BCUT2D eigenvalue weighted by Crippen LogP contribution is -2.45. The lowest BCUT2D eigenvalue weighted by atomic mass is 9.94. The number of carbonyl (C=O) groups is 1. The van der Waals surface area contributed by atoms with Gasteiger partial charge in [-0.1, -0.05) is 17.3 Å². The van der Waals surface area contributed by atoms with Crippen molar-refractivity contribution in [3.8, 4) is 17.1 Å². The number of amides is 2. The number of allylic oxidation sites excluding steroid dienone is 1. The monoisotopic (exact) mass is 460 g/mol. The highest BCUT2D eigenvalue weighted by Gasteiger charge is 2.36. The minimum absolute atomic E-state index is 0.212. The number of benzene rings is 2. The normalized spacial score (nSPS) is 16.0. The van der Waals surface area contributed by atoms with Crippen LogP contribution < -0.4 is 10.1 Å². The van der Waals surface area contributed by atoms with Crippen LogP contribution in [0.5, 0.6) is 5.75 Å². The van der Waals surface area contributed by atoms with Crippen molar-refractivity contribution in [2.45, 2.75) is 19.5 Å². The van der Waals surface area contributed by atoms with Crippen LogP contribution in [0.4, 0.5) is 9.18 Å². The van der Waals surface area contributed by atoms with E-state index >= 15 is 0 Å². The average molecular weight is 460 g/mol. The van der Waals surface area contributed by atoms with Gasteiger partial charge in [0.15, 0.2) is 0 Å². The molecule has 0 spiro atoms. The third kappa shape index (κ3) is 4.03. The largest absolute Gasteiger partial charge is 0.497 e. The van der Waals surface area contributed by atoms with Crippen molar-refractivity contribution in [3.63, 3.8) is 0 Å². The average Bonchev–Trinajstić information content (AvgIpc) is 3.54. The van der Waals surface area contributed by atoms with E-state index in [9.17, 15) is 9.18 Å². The molecule has 4 aromatic rings. The van der Waals surface area contributed by atoms with E-state index in [1.807, 2.05) is 12.1 Å². The summed E-state index contributed by atoms with van der Waals surface area (Å²) in [5.74, 6) is 1.52. The Hall–Kier alpha value is -4.40. The molecule has 1 aliphatic rings. The molecule has 2 aromatic carbocycles. The Morgan fingerprint density at radius 1 is 1.15 bits per heavy atom. The second-order valence-corrected chi connectivity index (χ2v) is 7.75. The van der Waals surface area contributed by atoms with Gasteiger partial charge in [0.25, 0.3) is 5.89 Å². The molecule has 0 fully saturated rings. The smallest absolute Gasteiger partial charge is 0.322 e. The van der Waals surface area contributed by atoms with Crippen LogP contribution in [0.2, 0.25) is 0 Å². The van der Waals surface area contributed by atoms with Gasteiger partial charge >= 0.3 is 6.03 Å². The highest BCUT2D eigenvalue weighted by molar-refractivity contribution is 5.86. The summed E-state index contributed by atoms with van der Waals surface area (Å²) in [6, 6.07) is 15.8. The topological polar surface area (TPSA) is 93.6 Å². The molecule has 0 saturated carbocycles. The fourth-order valence-electron chi connectivity index (χ4n) is 3.93. The number of urea groups is 1. The molecule has 1 N–H and O–H groups in total. The quantitative estimate of drug-likeness (QED) is 0.426. The summed E-state index contributed by atoms with van der Waals surface area (Å²) in [5, 5.41) is 7.07. The number of hydrogen-bond donors (Lipinski definition) is 1. The number of nitrogens with one attached hydrogen (secondary N) is 1. The lowest BCUT2D eigenvalue weighted by molar-refractivity contribution is 0.199. The van der Waals surface area contributed by atoms with Crippen LogP contribution in [0, 0.1) is 5.82 Å². The number of ether oxygens (including phenoxy) is 1. The minimum Gasteiger partial charge on any atom is -0.497 e. The third-order valence-electron chi connectivity index (χ3n) is 5.68. The van der Waals surface area contributed by atoms with Crippen LogP contribution in [0.25, 0.3) is 17.0 Å².